The van der Waals surface area contributed by atoms with Crippen molar-refractivity contribution in [2.75, 3.05) is 19.0 Å². The van der Waals surface area contributed by atoms with Crippen LogP contribution in [-0.2, 0) is 14.4 Å². The summed E-state index contributed by atoms with van der Waals surface area (Å²) in [6.45, 7) is 3.18. The molecule has 0 atom stereocenters. The summed E-state index contributed by atoms with van der Waals surface area (Å²) in [6, 6.07) is 9.51. The Labute approximate surface area is 195 Å². The topological polar surface area (TPSA) is 118 Å². The van der Waals surface area contributed by atoms with E-state index < -0.39 is 17.7 Å². The number of carbonyl (C=O) groups is 3. The number of nitrogens with one attached hydrogen (secondary N) is 3. The fourth-order valence-electron chi connectivity index (χ4n) is 2.36. The second-order valence-corrected chi connectivity index (χ2v) is 7.46. The summed E-state index contributed by atoms with van der Waals surface area (Å²) in [6.07, 6.45) is 1.33. The Morgan fingerprint density at radius 2 is 1.84 bits per heavy atom. The standard InChI is InChI=1S/C21H22Cl2N4O5/c1-12(2)25-20(29)21(30)27-24-10-13-7-8-16(17(9-13)31-3)32-11-18(28)26-15-6-4-5-14(22)19(15)23/h4-10,12H,11H2,1-3H3,(H,25,29)(H,26,28)(H,27,30)/b24-10-. The molecule has 3 N–H and O–H groups in total. The van der Waals surface area contributed by atoms with E-state index in [0.717, 1.165) is 0 Å². The van der Waals surface area contributed by atoms with E-state index in [9.17, 15) is 14.4 Å². The smallest absolute Gasteiger partial charge is 0.329 e. The van der Waals surface area contributed by atoms with Crippen molar-refractivity contribution in [1.29, 1.82) is 0 Å². The van der Waals surface area contributed by atoms with Crippen LogP contribution in [0.3, 0.4) is 0 Å². The molecule has 0 heterocycles. The number of hydrogen-bond donors (Lipinski definition) is 3. The molecule has 0 saturated carbocycles. The van der Waals surface area contributed by atoms with E-state index >= 15 is 0 Å². The third kappa shape index (κ3) is 7.44. The molecule has 3 amide bonds. The second kappa shape index (κ2) is 11.9. The van der Waals surface area contributed by atoms with Gasteiger partial charge in [-0.2, -0.15) is 5.10 Å². The zero-order valence-electron chi connectivity index (χ0n) is 17.6. The monoisotopic (exact) mass is 480 g/mol. The highest BCUT2D eigenvalue weighted by Gasteiger charge is 2.13. The lowest BCUT2D eigenvalue weighted by Crippen LogP contribution is -2.41. The molecule has 0 saturated heterocycles. The molecule has 0 radical (unpaired) electrons. The number of halogens is 2. The van der Waals surface area contributed by atoms with Gasteiger partial charge in [0.15, 0.2) is 18.1 Å². The van der Waals surface area contributed by atoms with Crippen LogP contribution >= 0.6 is 23.2 Å². The van der Waals surface area contributed by atoms with E-state index in [-0.39, 0.29) is 17.7 Å². The quantitative estimate of drug-likeness (QED) is 0.305. The van der Waals surface area contributed by atoms with Gasteiger partial charge in [-0.15, -0.1) is 0 Å². The van der Waals surface area contributed by atoms with Gasteiger partial charge in [0.1, 0.15) is 0 Å². The van der Waals surface area contributed by atoms with Crippen molar-refractivity contribution in [2.45, 2.75) is 19.9 Å². The zero-order valence-corrected chi connectivity index (χ0v) is 19.1. The first-order valence-electron chi connectivity index (χ1n) is 9.39. The summed E-state index contributed by atoms with van der Waals surface area (Å²) in [7, 11) is 1.44. The normalized spacial score (nSPS) is 10.7. The van der Waals surface area contributed by atoms with E-state index in [2.05, 4.69) is 21.2 Å². The number of hydrogen-bond acceptors (Lipinski definition) is 6. The molecular formula is C21H22Cl2N4O5. The van der Waals surface area contributed by atoms with Gasteiger partial charge >= 0.3 is 11.8 Å². The minimum absolute atomic E-state index is 0.168. The van der Waals surface area contributed by atoms with Crippen molar-refractivity contribution < 1.29 is 23.9 Å². The van der Waals surface area contributed by atoms with Gasteiger partial charge in [0, 0.05) is 6.04 Å². The zero-order chi connectivity index (χ0) is 23.7. The summed E-state index contributed by atoms with van der Waals surface area (Å²) >= 11 is 12.0. The van der Waals surface area contributed by atoms with Gasteiger partial charge < -0.3 is 20.1 Å². The summed E-state index contributed by atoms with van der Waals surface area (Å²) in [4.78, 5) is 35.3. The van der Waals surface area contributed by atoms with Crippen LogP contribution in [0.15, 0.2) is 41.5 Å². The molecule has 0 aliphatic rings. The Hall–Kier alpha value is -3.30. The lowest BCUT2D eigenvalue weighted by atomic mass is 10.2. The Morgan fingerprint density at radius 3 is 2.53 bits per heavy atom. The highest BCUT2D eigenvalue weighted by Crippen LogP contribution is 2.30. The first kappa shape index (κ1) is 25.0. The summed E-state index contributed by atoms with van der Waals surface area (Å²) in [5, 5.41) is 9.36. The lowest BCUT2D eigenvalue weighted by molar-refractivity contribution is -0.139. The molecule has 0 aliphatic heterocycles. The van der Waals surface area contributed by atoms with Gasteiger partial charge in [0.2, 0.25) is 0 Å². The number of benzene rings is 2. The van der Waals surface area contributed by atoms with Gasteiger partial charge in [0.25, 0.3) is 5.91 Å². The van der Waals surface area contributed by atoms with E-state index in [1.54, 1.807) is 50.2 Å². The van der Waals surface area contributed by atoms with Crippen molar-refractivity contribution >= 4 is 52.8 Å². The average Bonchev–Trinajstić information content (AvgIpc) is 2.75. The number of carbonyl (C=O) groups excluding carboxylic acids is 3. The van der Waals surface area contributed by atoms with Crippen molar-refractivity contribution in [3.63, 3.8) is 0 Å². The lowest BCUT2D eigenvalue weighted by Gasteiger charge is -2.12. The Balaban J connectivity index is 1.95. The maximum Gasteiger partial charge on any atom is 0.329 e. The molecule has 0 aromatic heterocycles. The van der Waals surface area contributed by atoms with Crippen molar-refractivity contribution in [2.24, 2.45) is 5.10 Å². The third-order valence-corrected chi connectivity index (χ3v) is 4.60. The Morgan fingerprint density at radius 1 is 1.09 bits per heavy atom. The van der Waals surface area contributed by atoms with Gasteiger partial charge in [-0.1, -0.05) is 29.3 Å². The molecule has 0 unspecified atom stereocenters. The fraction of sp³-hybridized carbons (Fsp3) is 0.238. The molecule has 0 fully saturated rings. The van der Waals surface area contributed by atoms with Crippen LogP contribution in [-0.4, -0.2) is 43.7 Å². The molecule has 0 bridgehead atoms. The van der Waals surface area contributed by atoms with Crippen LogP contribution in [0.4, 0.5) is 5.69 Å². The van der Waals surface area contributed by atoms with Crippen LogP contribution in [0, 0.1) is 0 Å². The number of rotatable bonds is 8. The molecule has 2 rings (SSSR count). The molecule has 0 spiro atoms. The molecule has 9 nitrogen and oxygen atoms in total. The summed E-state index contributed by atoms with van der Waals surface area (Å²) in [5.74, 6) is -1.45. The summed E-state index contributed by atoms with van der Waals surface area (Å²) in [5.41, 5.74) is 3.07. The molecular weight excluding hydrogens is 459 g/mol. The first-order chi connectivity index (χ1) is 15.2. The van der Waals surface area contributed by atoms with Crippen LogP contribution in [0.5, 0.6) is 11.5 Å². The predicted octanol–water partition coefficient (Wildman–Crippen LogP) is 2.99. The number of methoxy groups -OCH3 is 1. The molecule has 2 aromatic rings. The van der Waals surface area contributed by atoms with Crippen molar-refractivity contribution in [1.82, 2.24) is 10.7 Å². The second-order valence-electron chi connectivity index (χ2n) is 6.68. The number of nitrogens with zero attached hydrogens (tertiary/aromatic N) is 1. The molecule has 32 heavy (non-hydrogen) atoms. The minimum atomic E-state index is -0.882. The first-order valence-corrected chi connectivity index (χ1v) is 10.2. The van der Waals surface area contributed by atoms with Crippen LogP contribution in [0.25, 0.3) is 0 Å². The van der Waals surface area contributed by atoms with Crippen LogP contribution in [0.1, 0.15) is 19.4 Å². The van der Waals surface area contributed by atoms with Gasteiger partial charge in [-0.25, -0.2) is 5.43 Å². The number of anilines is 1. The highest BCUT2D eigenvalue weighted by molar-refractivity contribution is 6.44. The minimum Gasteiger partial charge on any atom is -0.493 e. The molecule has 170 valence electrons. The Bertz CT molecular complexity index is 1030. The van der Waals surface area contributed by atoms with Crippen molar-refractivity contribution in [3.05, 3.63) is 52.0 Å². The van der Waals surface area contributed by atoms with E-state index in [1.807, 2.05) is 0 Å². The van der Waals surface area contributed by atoms with Crippen LogP contribution in [0.2, 0.25) is 10.0 Å². The summed E-state index contributed by atoms with van der Waals surface area (Å²) < 4.78 is 10.8. The van der Waals surface area contributed by atoms with E-state index in [4.69, 9.17) is 32.7 Å². The third-order valence-electron chi connectivity index (χ3n) is 3.78. The largest absolute Gasteiger partial charge is 0.493 e. The average molecular weight is 481 g/mol. The van der Waals surface area contributed by atoms with Gasteiger partial charge in [0.05, 0.1) is 29.1 Å². The van der Waals surface area contributed by atoms with Crippen LogP contribution < -0.4 is 25.5 Å². The van der Waals surface area contributed by atoms with E-state index in [1.165, 1.54) is 13.3 Å². The molecule has 0 aliphatic carbocycles. The maximum absolute atomic E-state index is 12.2. The number of ether oxygens (including phenoxy) is 2. The van der Waals surface area contributed by atoms with Crippen molar-refractivity contribution in [3.8, 4) is 11.5 Å². The molecule has 11 heteroatoms. The van der Waals surface area contributed by atoms with Gasteiger partial charge in [-0.3, -0.25) is 14.4 Å². The predicted molar refractivity (Wildman–Crippen MR) is 123 cm³/mol. The SMILES string of the molecule is COc1cc(/C=N\NC(=O)C(=O)NC(C)C)ccc1OCC(=O)Nc1cccc(Cl)c1Cl. The number of hydrazone groups is 1. The van der Waals surface area contributed by atoms with Gasteiger partial charge in [-0.05, 0) is 49.7 Å². The maximum atomic E-state index is 12.2. The fourth-order valence-corrected chi connectivity index (χ4v) is 2.71. The Kier molecular flexibility index (Phi) is 9.30. The molecule has 2 aromatic carbocycles. The number of amides is 3. The highest BCUT2D eigenvalue weighted by atomic mass is 35.5. The van der Waals surface area contributed by atoms with E-state index in [0.29, 0.717) is 27.8 Å².